The molecule has 0 atom stereocenters. The Morgan fingerprint density at radius 3 is 2.08 bits per heavy atom. The molecule has 0 aliphatic carbocycles. The molecule has 0 bridgehead atoms. The first-order chi connectivity index (χ1) is 11.7. The molecule has 0 unspecified atom stereocenters. The number of hydrogen-bond acceptors (Lipinski definition) is 3. The van der Waals surface area contributed by atoms with Crippen LogP contribution in [0.5, 0.6) is 0 Å². The van der Waals surface area contributed by atoms with Crippen LogP contribution in [0.4, 0.5) is 0 Å². The van der Waals surface area contributed by atoms with E-state index in [1.165, 1.54) is 0 Å². The topological polar surface area (TPSA) is 35.5 Å². The highest BCUT2D eigenvalue weighted by molar-refractivity contribution is 5.88. The smallest absolute Gasteiger partial charge is 0.335 e. The fourth-order valence-electron chi connectivity index (χ4n) is 2.36. The summed E-state index contributed by atoms with van der Waals surface area (Å²) in [6, 6.07) is 20.2. The van der Waals surface area contributed by atoms with Crippen LogP contribution in [0.3, 0.4) is 0 Å². The quantitative estimate of drug-likeness (QED) is 0.236. The fourth-order valence-corrected chi connectivity index (χ4v) is 2.36. The minimum Gasteiger partial charge on any atom is -0.435 e. The molecule has 0 radical (unpaired) electrons. The molecule has 0 aliphatic rings. The molecule has 0 aliphatic heterocycles. The van der Waals surface area contributed by atoms with Crippen LogP contribution in [0.25, 0.3) is 0 Å². The van der Waals surface area contributed by atoms with E-state index in [1.54, 1.807) is 13.0 Å². The molecule has 0 N–H and O–H groups in total. The first-order valence-electron chi connectivity index (χ1n) is 7.86. The third-order valence-corrected chi connectivity index (χ3v) is 3.57. The number of benzene rings is 2. The van der Waals surface area contributed by atoms with E-state index in [0.29, 0.717) is 12.2 Å². The summed E-state index contributed by atoms with van der Waals surface area (Å²) < 4.78 is 10.2. The summed E-state index contributed by atoms with van der Waals surface area (Å²) in [6.45, 7) is 5.58. The van der Waals surface area contributed by atoms with Crippen molar-refractivity contribution in [1.29, 1.82) is 0 Å². The SMILES string of the molecule is C=CCOCOC(=O)C(C)=CC(c1ccccc1)c1ccccc1. The molecule has 0 aromatic heterocycles. The summed E-state index contributed by atoms with van der Waals surface area (Å²) in [5.41, 5.74) is 2.80. The van der Waals surface area contributed by atoms with Gasteiger partial charge in [-0.1, -0.05) is 72.8 Å². The van der Waals surface area contributed by atoms with Crippen LogP contribution in [0, 0.1) is 0 Å². The molecular formula is C21H22O3. The molecule has 2 aromatic carbocycles. The zero-order chi connectivity index (χ0) is 17.2. The minimum absolute atomic E-state index is 0.00552. The van der Waals surface area contributed by atoms with Gasteiger partial charge in [-0.2, -0.15) is 0 Å². The van der Waals surface area contributed by atoms with Crippen molar-refractivity contribution in [3.63, 3.8) is 0 Å². The molecule has 0 heterocycles. The molecule has 124 valence electrons. The van der Waals surface area contributed by atoms with Crippen molar-refractivity contribution >= 4 is 5.97 Å². The third-order valence-electron chi connectivity index (χ3n) is 3.57. The zero-order valence-corrected chi connectivity index (χ0v) is 13.9. The van der Waals surface area contributed by atoms with Gasteiger partial charge >= 0.3 is 5.97 Å². The van der Waals surface area contributed by atoms with E-state index >= 15 is 0 Å². The van der Waals surface area contributed by atoms with Crippen LogP contribution in [-0.2, 0) is 14.3 Å². The molecule has 0 saturated carbocycles. The van der Waals surface area contributed by atoms with E-state index in [-0.39, 0.29) is 18.7 Å². The third kappa shape index (κ3) is 5.21. The van der Waals surface area contributed by atoms with E-state index in [1.807, 2.05) is 42.5 Å². The Balaban J connectivity index is 2.18. The summed E-state index contributed by atoms with van der Waals surface area (Å²) in [7, 11) is 0. The highest BCUT2D eigenvalue weighted by Gasteiger charge is 2.14. The zero-order valence-electron chi connectivity index (χ0n) is 13.9. The van der Waals surface area contributed by atoms with Gasteiger partial charge in [-0.25, -0.2) is 4.79 Å². The second-order valence-corrected chi connectivity index (χ2v) is 5.36. The lowest BCUT2D eigenvalue weighted by Gasteiger charge is -2.15. The van der Waals surface area contributed by atoms with E-state index in [0.717, 1.165) is 11.1 Å². The molecular weight excluding hydrogens is 300 g/mol. The van der Waals surface area contributed by atoms with Gasteiger partial charge in [0.05, 0.1) is 6.61 Å². The van der Waals surface area contributed by atoms with Gasteiger partial charge in [0.15, 0.2) is 6.79 Å². The molecule has 2 aromatic rings. The summed E-state index contributed by atoms with van der Waals surface area (Å²) in [4.78, 5) is 12.1. The lowest BCUT2D eigenvalue weighted by molar-refractivity contribution is -0.150. The molecule has 3 nitrogen and oxygen atoms in total. The molecule has 24 heavy (non-hydrogen) atoms. The highest BCUT2D eigenvalue weighted by Crippen LogP contribution is 2.27. The van der Waals surface area contributed by atoms with Gasteiger partial charge in [0.2, 0.25) is 0 Å². The Hall–Kier alpha value is -2.65. The predicted octanol–water partition coefficient (Wildman–Crippen LogP) is 4.47. The van der Waals surface area contributed by atoms with E-state index in [4.69, 9.17) is 9.47 Å². The number of rotatable bonds is 8. The second-order valence-electron chi connectivity index (χ2n) is 5.36. The van der Waals surface area contributed by atoms with Crippen molar-refractivity contribution in [1.82, 2.24) is 0 Å². The number of carbonyl (C=O) groups is 1. The second kappa shape index (κ2) is 9.48. The molecule has 0 spiro atoms. The first-order valence-corrected chi connectivity index (χ1v) is 7.86. The summed E-state index contributed by atoms with van der Waals surface area (Å²) >= 11 is 0. The minimum atomic E-state index is -0.379. The Labute approximate surface area is 143 Å². The van der Waals surface area contributed by atoms with Gasteiger partial charge in [0.25, 0.3) is 0 Å². The molecule has 0 amide bonds. The molecule has 0 fully saturated rings. The van der Waals surface area contributed by atoms with Crippen LogP contribution in [0.2, 0.25) is 0 Å². The lowest BCUT2D eigenvalue weighted by Crippen LogP contribution is -2.11. The largest absolute Gasteiger partial charge is 0.435 e. The Bertz CT molecular complexity index is 635. The van der Waals surface area contributed by atoms with Gasteiger partial charge in [0.1, 0.15) is 0 Å². The van der Waals surface area contributed by atoms with Crippen molar-refractivity contribution in [3.8, 4) is 0 Å². The average molecular weight is 322 g/mol. The van der Waals surface area contributed by atoms with Gasteiger partial charge in [0, 0.05) is 11.5 Å². The number of carbonyl (C=O) groups excluding carboxylic acids is 1. The number of esters is 1. The van der Waals surface area contributed by atoms with Crippen molar-refractivity contribution in [3.05, 3.63) is 96.1 Å². The van der Waals surface area contributed by atoms with Crippen LogP contribution in [-0.4, -0.2) is 19.4 Å². The summed E-state index contributed by atoms with van der Waals surface area (Å²) in [5.74, 6) is -0.384. The molecule has 2 rings (SSSR count). The van der Waals surface area contributed by atoms with E-state index in [2.05, 4.69) is 30.8 Å². The maximum Gasteiger partial charge on any atom is 0.335 e. The van der Waals surface area contributed by atoms with Crippen molar-refractivity contribution in [2.24, 2.45) is 0 Å². The standard InChI is InChI=1S/C21H22O3/c1-3-14-23-16-24-21(22)17(2)15-20(18-10-6-4-7-11-18)19-12-8-5-9-13-19/h3-13,15,20H,1,14,16H2,2H3. The van der Waals surface area contributed by atoms with Gasteiger partial charge in [-0.3, -0.25) is 0 Å². The Morgan fingerprint density at radius 2 is 1.58 bits per heavy atom. The Morgan fingerprint density at radius 1 is 1.04 bits per heavy atom. The van der Waals surface area contributed by atoms with Gasteiger partial charge in [-0.05, 0) is 18.1 Å². The Kier molecular flexibility index (Phi) is 6.99. The van der Waals surface area contributed by atoms with Crippen LogP contribution in [0.1, 0.15) is 24.0 Å². The number of ether oxygens (including phenoxy) is 2. The monoisotopic (exact) mass is 322 g/mol. The summed E-state index contributed by atoms with van der Waals surface area (Å²) in [5, 5.41) is 0. The molecule has 0 saturated heterocycles. The fraction of sp³-hybridized carbons (Fsp3) is 0.190. The predicted molar refractivity (Wildman–Crippen MR) is 95.6 cm³/mol. The van der Waals surface area contributed by atoms with Crippen molar-refractivity contribution in [2.75, 3.05) is 13.4 Å². The van der Waals surface area contributed by atoms with E-state index in [9.17, 15) is 4.79 Å². The van der Waals surface area contributed by atoms with E-state index < -0.39 is 0 Å². The van der Waals surface area contributed by atoms with Crippen LogP contribution >= 0.6 is 0 Å². The highest BCUT2D eigenvalue weighted by atomic mass is 16.7. The first kappa shape index (κ1) is 17.7. The number of hydrogen-bond donors (Lipinski definition) is 0. The maximum absolute atomic E-state index is 12.1. The average Bonchev–Trinajstić information content (AvgIpc) is 2.64. The van der Waals surface area contributed by atoms with Crippen LogP contribution in [0.15, 0.2) is 85.0 Å². The molecule has 3 heteroatoms. The van der Waals surface area contributed by atoms with Crippen molar-refractivity contribution in [2.45, 2.75) is 12.8 Å². The normalized spacial score (nSPS) is 11.3. The summed E-state index contributed by atoms with van der Waals surface area (Å²) in [6.07, 6.45) is 3.54. The lowest BCUT2D eigenvalue weighted by atomic mass is 9.90. The van der Waals surface area contributed by atoms with Gasteiger partial charge < -0.3 is 9.47 Å². The van der Waals surface area contributed by atoms with Crippen molar-refractivity contribution < 1.29 is 14.3 Å². The number of allylic oxidation sites excluding steroid dienone is 1. The van der Waals surface area contributed by atoms with Gasteiger partial charge in [-0.15, -0.1) is 6.58 Å². The maximum atomic E-state index is 12.1. The van der Waals surface area contributed by atoms with Crippen LogP contribution < -0.4 is 0 Å².